The maximum absolute atomic E-state index is 13.3. The van der Waals surface area contributed by atoms with E-state index in [0.717, 1.165) is 56.9 Å². The Morgan fingerprint density at radius 1 is 0.919 bits per heavy atom. The van der Waals surface area contributed by atoms with Crippen LogP contribution in [0, 0.1) is 0 Å². The zero-order chi connectivity index (χ0) is 25.5. The molecule has 2 aliphatic heterocycles. The van der Waals surface area contributed by atoms with Gasteiger partial charge in [0.05, 0.1) is 15.7 Å². The molecule has 1 N–H and O–H groups in total. The minimum atomic E-state index is -2.57. The van der Waals surface area contributed by atoms with E-state index in [4.69, 9.17) is 27.9 Å². The molecule has 2 aromatic rings. The van der Waals surface area contributed by atoms with Crippen LogP contribution in [0.2, 0.25) is 10.0 Å². The van der Waals surface area contributed by atoms with Gasteiger partial charge in [-0.2, -0.15) is 0 Å². The third kappa shape index (κ3) is 8.50. The van der Waals surface area contributed by atoms with E-state index in [2.05, 4.69) is 15.1 Å². The average molecular weight is 578 g/mol. The number of anilines is 2. The SMILES string of the molecule is Cl.O=C(NCCCCN1CCN(c2cccc(Cl)c2Cl)CC1)Oc1ccc(N2CCC(F)(F)CC2)cc1. The number of benzene rings is 2. The molecule has 0 saturated carbocycles. The molecule has 2 saturated heterocycles. The summed E-state index contributed by atoms with van der Waals surface area (Å²) < 4.78 is 32.0. The van der Waals surface area contributed by atoms with Crippen LogP contribution in [0.3, 0.4) is 0 Å². The predicted molar refractivity (Wildman–Crippen MR) is 148 cm³/mol. The van der Waals surface area contributed by atoms with Crippen molar-refractivity contribution < 1.29 is 18.3 Å². The Kier molecular flexibility index (Phi) is 10.9. The summed E-state index contributed by atoms with van der Waals surface area (Å²) in [6, 6.07) is 12.7. The van der Waals surface area contributed by atoms with Crippen molar-refractivity contribution in [2.45, 2.75) is 31.6 Å². The first-order valence-electron chi connectivity index (χ1n) is 12.4. The number of halogens is 5. The van der Waals surface area contributed by atoms with Gasteiger partial charge in [-0.3, -0.25) is 4.90 Å². The Morgan fingerprint density at radius 2 is 1.59 bits per heavy atom. The lowest BCUT2D eigenvalue weighted by Gasteiger charge is -2.36. The number of piperidine rings is 1. The van der Waals surface area contributed by atoms with Gasteiger partial charge >= 0.3 is 6.09 Å². The van der Waals surface area contributed by atoms with Crippen molar-refractivity contribution in [3.63, 3.8) is 0 Å². The molecule has 11 heteroatoms. The Labute approximate surface area is 233 Å². The summed E-state index contributed by atoms with van der Waals surface area (Å²) in [7, 11) is 0. The number of unbranched alkanes of at least 4 members (excludes halogenated alkanes) is 1. The summed E-state index contributed by atoms with van der Waals surface area (Å²) in [5.74, 6) is -2.14. The summed E-state index contributed by atoms with van der Waals surface area (Å²) in [6.45, 7) is 5.84. The molecule has 0 atom stereocenters. The molecule has 2 fully saturated rings. The van der Waals surface area contributed by atoms with Gasteiger partial charge in [-0.15, -0.1) is 12.4 Å². The highest BCUT2D eigenvalue weighted by Crippen LogP contribution is 2.33. The summed E-state index contributed by atoms with van der Waals surface area (Å²) >= 11 is 12.5. The summed E-state index contributed by atoms with van der Waals surface area (Å²) in [5.41, 5.74) is 1.84. The van der Waals surface area contributed by atoms with Gasteiger partial charge in [0.2, 0.25) is 0 Å². The normalized spacial score (nSPS) is 17.7. The summed E-state index contributed by atoms with van der Waals surface area (Å²) in [4.78, 5) is 18.7. The highest BCUT2D eigenvalue weighted by Gasteiger charge is 2.34. The fourth-order valence-electron chi connectivity index (χ4n) is 4.56. The number of hydrogen-bond donors (Lipinski definition) is 1. The van der Waals surface area contributed by atoms with Gasteiger partial charge in [0.15, 0.2) is 0 Å². The Balaban J connectivity index is 0.00000380. The molecule has 2 aliphatic rings. The van der Waals surface area contributed by atoms with E-state index in [-0.39, 0.29) is 25.2 Å². The third-order valence-electron chi connectivity index (χ3n) is 6.72. The first-order chi connectivity index (χ1) is 17.3. The Bertz CT molecular complexity index is 1010. The second-order valence-electron chi connectivity index (χ2n) is 9.26. The molecule has 0 bridgehead atoms. The van der Waals surface area contributed by atoms with Crippen LogP contribution in [-0.2, 0) is 0 Å². The summed E-state index contributed by atoms with van der Waals surface area (Å²) in [6.07, 6.45) is 1.06. The molecule has 0 aliphatic carbocycles. The van der Waals surface area contributed by atoms with E-state index in [1.54, 1.807) is 30.3 Å². The molecule has 2 aromatic carbocycles. The fourth-order valence-corrected chi connectivity index (χ4v) is 4.98. The lowest BCUT2D eigenvalue weighted by atomic mass is 10.1. The van der Waals surface area contributed by atoms with E-state index < -0.39 is 12.0 Å². The van der Waals surface area contributed by atoms with E-state index in [0.29, 0.717) is 35.4 Å². The maximum atomic E-state index is 13.3. The second-order valence-corrected chi connectivity index (χ2v) is 10.0. The van der Waals surface area contributed by atoms with Crippen LogP contribution in [0.25, 0.3) is 0 Å². The van der Waals surface area contributed by atoms with Crippen molar-refractivity contribution in [2.24, 2.45) is 0 Å². The molecule has 204 valence electrons. The van der Waals surface area contributed by atoms with Gasteiger partial charge < -0.3 is 19.9 Å². The van der Waals surface area contributed by atoms with Gasteiger partial charge in [-0.25, -0.2) is 13.6 Å². The molecule has 1 amide bonds. The molecule has 0 unspecified atom stereocenters. The zero-order valence-corrected chi connectivity index (χ0v) is 22.9. The molecule has 0 spiro atoms. The smallest absolute Gasteiger partial charge is 0.410 e. The monoisotopic (exact) mass is 576 g/mol. The third-order valence-corrected chi connectivity index (χ3v) is 7.53. The van der Waals surface area contributed by atoms with Crippen LogP contribution >= 0.6 is 35.6 Å². The van der Waals surface area contributed by atoms with Crippen molar-refractivity contribution in [1.29, 1.82) is 0 Å². The number of ether oxygens (including phenoxy) is 1. The Morgan fingerprint density at radius 3 is 2.27 bits per heavy atom. The number of piperazine rings is 1. The van der Waals surface area contributed by atoms with Crippen LogP contribution in [-0.4, -0.2) is 69.3 Å². The van der Waals surface area contributed by atoms with Gasteiger partial charge in [0.25, 0.3) is 5.92 Å². The number of amides is 1. The zero-order valence-electron chi connectivity index (χ0n) is 20.6. The Hall–Kier alpha value is -2.00. The quantitative estimate of drug-likeness (QED) is 0.371. The molecular formula is C26H33Cl3F2N4O2. The molecule has 6 nitrogen and oxygen atoms in total. The number of nitrogens with zero attached hydrogens (tertiary/aromatic N) is 3. The molecule has 0 aromatic heterocycles. The van der Waals surface area contributed by atoms with Gasteiger partial charge in [-0.05, 0) is 55.8 Å². The van der Waals surface area contributed by atoms with Crippen molar-refractivity contribution in [1.82, 2.24) is 10.2 Å². The highest BCUT2D eigenvalue weighted by atomic mass is 35.5. The number of nitrogens with one attached hydrogen (secondary N) is 1. The lowest BCUT2D eigenvalue weighted by molar-refractivity contribution is -0.0220. The number of carbonyl (C=O) groups excluding carboxylic acids is 1. The topological polar surface area (TPSA) is 48.1 Å². The fraction of sp³-hybridized carbons (Fsp3) is 0.500. The maximum Gasteiger partial charge on any atom is 0.412 e. The molecule has 2 heterocycles. The minimum absolute atomic E-state index is 0. The average Bonchev–Trinajstić information content (AvgIpc) is 2.87. The van der Waals surface area contributed by atoms with Crippen LogP contribution in [0.1, 0.15) is 25.7 Å². The van der Waals surface area contributed by atoms with Crippen molar-refractivity contribution in [3.05, 3.63) is 52.5 Å². The van der Waals surface area contributed by atoms with Gasteiger partial charge in [0.1, 0.15) is 5.75 Å². The highest BCUT2D eigenvalue weighted by molar-refractivity contribution is 6.43. The van der Waals surface area contributed by atoms with Crippen molar-refractivity contribution in [3.8, 4) is 5.75 Å². The van der Waals surface area contributed by atoms with Crippen LogP contribution in [0.5, 0.6) is 5.75 Å². The standard InChI is InChI=1S/C26H32Cl2F2N4O2.ClH/c27-22-4-3-5-23(24(22)28)34-18-16-32(17-19-34)13-2-1-12-31-25(35)36-21-8-6-20(7-9-21)33-14-10-26(29,30)11-15-33;/h3-9H,1-2,10-19H2,(H,31,35);1H. The molecule has 4 rings (SSSR count). The first kappa shape index (κ1) is 29.6. The first-order valence-corrected chi connectivity index (χ1v) is 13.2. The van der Waals surface area contributed by atoms with Crippen molar-refractivity contribution >= 4 is 53.1 Å². The van der Waals surface area contributed by atoms with Crippen LogP contribution in [0.4, 0.5) is 25.0 Å². The van der Waals surface area contributed by atoms with Gasteiger partial charge in [0, 0.05) is 64.3 Å². The number of alkyl halides is 2. The van der Waals surface area contributed by atoms with Gasteiger partial charge in [-0.1, -0.05) is 29.3 Å². The lowest BCUT2D eigenvalue weighted by Crippen LogP contribution is -2.46. The number of hydrogen-bond acceptors (Lipinski definition) is 5. The number of carbonyl (C=O) groups is 1. The number of rotatable bonds is 8. The van der Waals surface area contributed by atoms with E-state index in [1.807, 2.05) is 17.0 Å². The van der Waals surface area contributed by atoms with Crippen molar-refractivity contribution in [2.75, 3.05) is 62.2 Å². The summed E-state index contributed by atoms with van der Waals surface area (Å²) in [5, 5.41) is 3.97. The van der Waals surface area contributed by atoms with E-state index in [9.17, 15) is 13.6 Å². The predicted octanol–water partition coefficient (Wildman–Crippen LogP) is 6.34. The second kappa shape index (κ2) is 13.7. The molecular weight excluding hydrogens is 545 g/mol. The van der Waals surface area contributed by atoms with Crippen LogP contribution in [0.15, 0.2) is 42.5 Å². The largest absolute Gasteiger partial charge is 0.412 e. The van der Waals surface area contributed by atoms with E-state index in [1.165, 1.54) is 0 Å². The minimum Gasteiger partial charge on any atom is -0.410 e. The molecule has 0 radical (unpaired) electrons. The molecule has 37 heavy (non-hydrogen) atoms. The van der Waals surface area contributed by atoms with E-state index >= 15 is 0 Å². The van der Waals surface area contributed by atoms with Crippen LogP contribution < -0.4 is 19.9 Å².